The van der Waals surface area contributed by atoms with Crippen molar-refractivity contribution in [3.8, 4) is 0 Å². The molecule has 1 heteroatoms. The first-order chi connectivity index (χ1) is 7.72. The van der Waals surface area contributed by atoms with E-state index in [2.05, 4.69) is 13.8 Å². The summed E-state index contributed by atoms with van der Waals surface area (Å²) in [5.74, 6) is 1.41. The van der Waals surface area contributed by atoms with E-state index in [1.807, 2.05) is 0 Å². The van der Waals surface area contributed by atoms with Crippen LogP contribution in [0, 0.1) is 17.3 Å². The second-order valence-corrected chi connectivity index (χ2v) is 5.97. The van der Waals surface area contributed by atoms with Crippen molar-refractivity contribution in [3.05, 3.63) is 0 Å². The number of unbranched alkanes of at least 4 members (excludes halogenated alkanes) is 3. The number of rotatable bonds is 5. The molecule has 3 unspecified atom stereocenters. The maximum atomic E-state index is 11.9. The van der Waals surface area contributed by atoms with Crippen LogP contribution in [0.4, 0.5) is 0 Å². The molecule has 2 aliphatic carbocycles. The molecule has 0 aromatic carbocycles. The Morgan fingerprint density at radius 2 is 2.06 bits per heavy atom. The number of hydrogen-bond acceptors (Lipinski definition) is 1. The van der Waals surface area contributed by atoms with E-state index in [9.17, 15) is 4.79 Å². The summed E-state index contributed by atoms with van der Waals surface area (Å²) in [5, 5.41) is 0. The summed E-state index contributed by atoms with van der Waals surface area (Å²) in [6.07, 6.45) is 11.9. The summed E-state index contributed by atoms with van der Waals surface area (Å²) in [7, 11) is 0. The van der Waals surface area contributed by atoms with E-state index in [1.165, 1.54) is 57.8 Å². The number of fused-ring (bicyclic) bond motifs is 1. The topological polar surface area (TPSA) is 17.1 Å². The molecule has 16 heavy (non-hydrogen) atoms. The lowest BCUT2D eigenvalue weighted by molar-refractivity contribution is -0.161. The molecule has 0 aliphatic heterocycles. The van der Waals surface area contributed by atoms with E-state index in [0.717, 1.165) is 0 Å². The van der Waals surface area contributed by atoms with Gasteiger partial charge in [0.25, 0.3) is 0 Å². The summed E-state index contributed by atoms with van der Waals surface area (Å²) >= 11 is 0. The first-order valence-electron chi connectivity index (χ1n) is 7.26. The van der Waals surface area contributed by atoms with Crippen LogP contribution in [0.3, 0.4) is 0 Å². The molecule has 2 rings (SSSR count). The second kappa shape index (κ2) is 4.89. The normalized spacial score (nSPS) is 38.0. The number of carbonyl (C=O) groups excluding carboxylic acids is 1. The Labute approximate surface area is 100.0 Å². The molecule has 0 N–H and O–H groups in total. The van der Waals surface area contributed by atoms with Gasteiger partial charge < -0.3 is 0 Å². The smallest absolute Gasteiger partial charge is 0.139 e. The summed E-state index contributed by atoms with van der Waals surface area (Å²) in [4.78, 5) is 11.9. The highest BCUT2D eigenvalue weighted by atomic mass is 16.1. The van der Waals surface area contributed by atoms with Crippen molar-refractivity contribution >= 4 is 5.78 Å². The lowest BCUT2D eigenvalue weighted by atomic mass is 9.46. The summed E-state index contributed by atoms with van der Waals surface area (Å²) in [5.41, 5.74) is 0.447. The zero-order valence-corrected chi connectivity index (χ0v) is 10.9. The van der Waals surface area contributed by atoms with Gasteiger partial charge in [0.1, 0.15) is 5.78 Å². The van der Waals surface area contributed by atoms with Crippen LogP contribution in [0.15, 0.2) is 0 Å². The third kappa shape index (κ3) is 1.83. The zero-order chi connectivity index (χ0) is 11.6. The molecule has 2 fully saturated rings. The highest BCUT2D eigenvalue weighted by Gasteiger charge is 2.58. The molecule has 2 saturated carbocycles. The van der Waals surface area contributed by atoms with E-state index in [0.29, 0.717) is 23.0 Å². The number of ketones is 1. The maximum Gasteiger partial charge on any atom is 0.139 e. The average molecular weight is 222 g/mol. The Morgan fingerprint density at radius 3 is 2.81 bits per heavy atom. The van der Waals surface area contributed by atoms with Crippen LogP contribution >= 0.6 is 0 Å². The van der Waals surface area contributed by atoms with Crippen molar-refractivity contribution in [3.63, 3.8) is 0 Å². The Morgan fingerprint density at radius 1 is 1.25 bits per heavy atom. The maximum absolute atomic E-state index is 11.9. The predicted octanol–water partition coefficient (Wildman–Crippen LogP) is 4.35. The summed E-state index contributed by atoms with van der Waals surface area (Å²) in [6.45, 7) is 4.45. The van der Waals surface area contributed by atoms with E-state index < -0.39 is 0 Å². The first-order valence-corrected chi connectivity index (χ1v) is 7.26. The van der Waals surface area contributed by atoms with Gasteiger partial charge >= 0.3 is 0 Å². The predicted molar refractivity (Wildman–Crippen MR) is 67.3 cm³/mol. The van der Waals surface area contributed by atoms with Gasteiger partial charge in [0.05, 0.1) is 0 Å². The van der Waals surface area contributed by atoms with Crippen LogP contribution in [0.2, 0.25) is 0 Å². The Bertz CT molecular complexity index is 258. The van der Waals surface area contributed by atoms with Crippen LogP contribution in [-0.2, 0) is 4.79 Å². The largest absolute Gasteiger partial charge is 0.299 e. The molecular formula is C15H26O. The van der Waals surface area contributed by atoms with E-state index in [1.54, 1.807) is 0 Å². The minimum atomic E-state index is 0.374. The van der Waals surface area contributed by atoms with E-state index in [4.69, 9.17) is 0 Å². The van der Waals surface area contributed by atoms with Gasteiger partial charge in [-0.15, -0.1) is 0 Å². The molecule has 2 aliphatic rings. The molecule has 0 spiro atoms. The fourth-order valence-electron chi connectivity index (χ4n) is 4.09. The lowest BCUT2D eigenvalue weighted by Gasteiger charge is -2.56. The van der Waals surface area contributed by atoms with E-state index in [-0.39, 0.29) is 0 Å². The molecule has 92 valence electrons. The SMILES string of the molecule is CCCCCCC12CCCCC1C(=O)C2C. The van der Waals surface area contributed by atoms with Gasteiger partial charge in [-0.2, -0.15) is 0 Å². The molecule has 1 nitrogen and oxygen atoms in total. The quantitative estimate of drug-likeness (QED) is 0.632. The van der Waals surface area contributed by atoms with Gasteiger partial charge in [-0.05, 0) is 24.7 Å². The zero-order valence-electron chi connectivity index (χ0n) is 10.9. The second-order valence-electron chi connectivity index (χ2n) is 5.97. The molecule has 0 heterocycles. The highest BCUT2D eigenvalue weighted by Crippen LogP contribution is 2.59. The molecule has 0 bridgehead atoms. The number of Topliss-reactive ketones (excluding diaryl/α,β-unsaturated/α-hetero) is 1. The lowest BCUT2D eigenvalue weighted by Crippen LogP contribution is -2.57. The highest BCUT2D eigenvalue weighted by molar-refractivity contribution is 5.91. The minimum absolute atomic E-state index is 0.374. The molecule has 0 aromatic heterocycles. The number of carbonyl (C=O) groups is 1. The van der Waals surface area contributed by atoms with Crippen molar-refractivity contribution in [1.82, 2.24) is 0 Å². The Kier molecular flexibility index (Phi) is 3.71. The molecule has 0 radical (unpaired) electrons. The van der Waals surface area contributed by atoms with Crippen molar-refractivity contribution < 1.29 is 4.79 Å². The molecular weight excluding hydrogens is 196 g/mol. The molecule has 0 saturated heterocycles. The van der Waals surface area contributed by atoms with Crippen molar-refractivity contribution in [1.29, 1.82) is 0 Å². The van der Waals surface area contributed by atoms with E-state index >= 15 is 0 Å². The van der Waals surface area contributed by atoms with Crippen LogP contribution < -0.4 is 0 Å². The third-order valence-corrected chi connectivity index (χ3v) is 5.21. The van der Waals surface area contributed by atoms with Crippen LogP contribution in [0.5, 0.6) is 0 Å². The van der Waals surface area contributed by atoms with Gasteiger partial charge in [-0.3, -0.25) is 4.79 Å². The number of hydrogen-bond donors (Lipinski definition) is 0. The molecule has 0 aromatic rings. The Hall–Kier alpha value is -0.330. The van der Waals surface area contributed by atoms with Gasteiger partial charge in [0.2, 0.25) is 0 Å². The van der Waals surface area contributed by atoms with Crippen LogP contribution in [0.1, 0.15) is 71.6 Å². The van der Waals surface area contributed by atoms with Crippen molar-refractivity contribution in [2.75, 3.05) is 0 Å². The van der Waals surface area contributed by atoms with Gasteiger partial charge in [0, 0.05) is 11.8 Å². The summed E-state index contributed by atoms with van der Waals surface area (Å²) in [6, 6.07) is 0. The fourth-order valence-corrected chi connectivity index (χ4v) is 4.09. The van der Waals surface area contributed by atoms with Crippen LogP contribution in [-0.4, -0.2) is 5.78 Å². The van der Waals surface area contributed by atoms with Crippen molar-refractivity contribution in [2.24, 2.45) is 17.3 Å². The first kappa shape index (κ1) is 12.1. The fraction of sp³-hybridized carbons (Fsp3) is 0.933. The molecule has 3 atom stereocenters. The van der Waals surface area contributed by atoms with Gasteiger partial charge in [0.15, 0.2) is 0 Å². The van der Waals surface area contributed by atoms with Crippen molar-refractivity contribution in [2.45, 2.75) is 71.6 Å². The standard InChI is InChI=1S/C15H26O/c1-3-4-5-7-10-15-11-8-6-9-13(15)14(16)12(15)2/h12-13H,3-11H2,1-2H3. The van der Waals surface area contributed by atoms with Gasteiger partial charge in [-0.25, -0.2) is 0 Å². The average Bonchev–Trinajstić information content (AvgIpc) is 2.33. The minimum Gasteiger partial charge on any atom is -0.299 e. The molecule has 0 amide bonds. The monoisotopic (exact) mass is 222 g/mol. The Balaban J connectivity index is 1.90. The van der Waals surface area contributed by atoms with Crippen LogP contribution in [0.25, 0.3) is 0 Å². The summed E-state index contributed by atoms with van der Waals surface area (Å²) < 4.78 is 0. The third-order valence-electron chi connectivity index (χ3n) is 5.21. The van der Waals surface area contributed by atoms with Gasteiger partial charge in [-0.1, -0.05) is 52.4 Å².